The van der Waals surface area contributed by atoms with Crippen molar-refractivity contribution in [1.82, 2.24) is 9.13 Å². The first kappa shape index (κ1) is 14.2. The first-order chi connectivity index (χ1) is 9.52. The Bertz CT molecular complexity index is 735. The highest BCUT2D eigenvalue weighted by Crippen LogP contribution is 2.09. The summed E-state index contributed by atoms with van der Waals surface area (Å²) in [6, 6.07) is 4.32. The summed E-state index contributed by atoms with van der Waals surface area (Å²) in [5, 5.41) is 0. The van der Waals surface area contributed by atoms with Crippen molar-refractivity contribution in [2.24, 2.45) is 0 Å². The zero-order valence-electron chi connectivity index (χ0n) is 11.0. The predicted octanol–water partition coefficient (Wildman–Crippen LogP) is 1.75. The molecule has 2 rings (SSSR count). The largest absolute Gasteiger partial charge is 0.331 e. The summed E-state index contributed by atoms with van der Waals surface area (Å²) < 4.78 is 28.7. The van der Waals surface area contributed by atoms with Crippen molar-refractivity contribution in [2.75, 3.05) is 0 Å². The van der Waals surface area contributed by atoms with Gasteiger partial charge in [-0.3, -0.25) is 9.36 Å². The zero-order valence-corrected chi connectivity index (χ0v) is 11.0. The molecule has 6 heteroatoms. The summed E-state index contributed by atoms with van der Waals surface area (Å²) >= 11 is 0. The van der Waals surface area contributed by atoms with Gasteiger partial charge in [0.05, 0.1) is 6.54 Å². The number of nitrogens with zero attached hydrogens (tertiary/aromatic N) is 2. The summed E-state index contributed by atoms with van der Waals surface area (Å²) in [4.78, 5) is 23.8. The van der Waals surface area contributed by atoms with Gasteiger partial charge in [0.1, 0.15) is 11.6 Å². The van der Waals surface area contributed by atoms with Gasteiger partial charge in [-0.1, -0.05) is 13.0 Å². The summed E-state index contributed by atoms with van der Waals surface area (Å²) in [5.41, 5.74) is -0.908. The second-order valence-electron chi connectivity index (χ2n) is 4.45. The fourth-order valence-corrected chi connectivity index (χ4v) is 1.93. The lowest BCUT2D eigenvalue weighted by molar-refractivity contribution is 0.541. The molecule has 0 spiro atoms. The van der Waals surface area contributed by atoms with Crippen LogP contribution in [0.4, 0.5) is 8.78 Å². The van der Waals surface area contributed by atoms with Crippen molar-refractivity contribution in [1.29, 1.82) is 0 Å². The lowest BCUT2D eigenvalue weighted by Gasteiger charge is -2.09. The van der Waals surface area contributed by atoms with Crippen LogP contribution in [0.5, 0.6) is 0 Å². The molecule has 0 unspecified atom stereocenters. The van der Waals surface area contributed by atoms with Crippen molar-refractivity contribution in [3.63, 3.8) is 0 Å². The average molecular weight is 280 g/mol. The van der Waals surface area contributed by atoms with E-state index in [2.05, 4.69) is 0 Å². The first-order valence-corrected chi connectivity index (χ1v) is 6.27. The molecule has 0 saturated heterocycles. The van der Waals surface area contributed by atoms with Crippen molar-refractivity contribution in [3.05, 3.63) is 68.5 Å². The first-order valence-electron chi connectivity index (χ1n) is 6.27. The van der Waals surface area contributed by atoms with Crippen molar-refractivity contribution in [3.8, 4) is 0 Å². The maximum Gasteiger partial charge on any atom is 0.331 e. The van der Waals surface area contributed by atoms with Gasteiger partial charge in [-0.15, -0.1) is 0 Å². The Hall–Kier alpha value is -2.24. The molecule has 4 nitrogen and oxygen atoms in total. The number of aryl methyl sites for hydroxylation is 1. The van der Waals surface area contributed by atoms with Crippen molar-refractivity contribution >= 4 is 0 Å². The van der Waals surface area contributed by atoms with Crippen molar-refractivity contribution < 1.29 is 8.78 Å². The van der Waals surface area contributed by atoms with Crippen molar-refractivity contribution in [2.45, 2.75) is 26.4 Å². The molecule has 1 aromatic carbocycles. The lowest BCUT2D eigenvalue weighted by Crippen LogP contribution is -2.39. The average Bonchev–Trinajstić information content (AvgIpc) is 2.40. The van der Waals surface area contributed by atoms with Crippen LogP contribution in [-0.2, 0) is 13.1 Å². The molecule has 0 N–H and O–H groups in total. The molecule has 0 radical (unpaired) electrons. The Kier molecular flexibility index (Phi) is 4.12. The second-order valence-corrected chi connectivity index (χ2v) is 4.45. The smallest absolute Gasteiger partial charge is 0.300 e. The fourth-order valence-electron chi connectivity index (χ4n) is 1.93. The predicted molar refractivity (Wildman–Crippen MR) is 70.7 cm³/mol. The molecular weight excluding hydrogens is 266 g/mol. The molecule has 0 amide bonds. The molecule has 1 heterocycles. The Morgan fingerprint density at radius 2 is 1.90 bits per heavy atom. The number of benzene rings is 1. The SMILES string of the molecule is CCCn1ccc(=O)n(Cc2ccc(F)cc2F)c1=O. The summed E-state index contributed by atoms with van der Waals surface area (Å²) in [5.74, 6) is -1.47. The minimum Gasteiger partial charge on any atom is -0.300 e. The maximum absolute atomic E-state index is 13.6. The van der Waals surface area contributed by atoms with E-state index < -0.39 is 22.9 Å². The molecule has 0 bridgehead atoms. The third-order valence-electron chi connectivity index (χ3n) is 2.95. The Labute approximate surface area is 113 Å². The van der Waals surface area contributed by atoms with Gasteiger partial charge in [-0.2, -0.15) is 0 Å². The quantitative estimate of drug-likeness (QED) is 0.856. The number of aromatic nitrogens is 2. The highest BCUT2D eigenvalue weighted by molar-refractivity contribution is 5.19. The van der Waals surface area contributed by atoms with Crippen LogP contribution < -0.4 is 11.2 Å². The van der Waals surface area contributed by atoms with Gasteiger partial charge in [0.2, 0.25) is 0 Å². The van der Waals surface area contributed by atoms with Crippen LogP contribution in [0.3, 0.4) is 0 Å². The number of hydrogen-bond acceptors (Lipinski definition) is 2. The van der Waals surface area contributed by atoms with Crippen LogP contribution in [0, 0.1) is 11.6 Å². The minimum atomic E-state index is -0.776. The molecular formula is C14H14F2N2O2. The van der Waals surface area contributed by atoms with Gasteiger partial charge in [0, 0.05) is 30.4 Å². The van der Waals surface area contributed by atoms with Gasteiger partial charge in [-0.25, -0.2) is 13.6 Å². The number of rotatable bonds is 4. The van der Waals surface area contributed by atoms with Crippen LogP contribution in [0.15, 0.2) is 40.1 Å². The molecule has 0 fully saturated rings. The molecule has 0 atom stereocenters. The van der Waals surface area contributed by atoms with E-state index in [-0.39, 0.29) is 12.1 Å². The topological polar surface area (TPSA) is 44.0 Å². The second kappa shape index (κ2) is 5.81. The summed E-state index contributed by atoms with van der Waals surface area (Å²) in [6.45, 7) is 2.17. The third kappa shape index (κ3) is 2.84. The highest BCUT2D eigenvalue weighted by atomic mass is 19.1. The molecule has 1 aromatic heterocycles. The van der Waals surface area contributed by atoms with E-state index >= 15 is 0 Å². The van der Waals surface area contributed by atoms with E-state index in [9.17, 15) is 18.4 Å². The van der Waals surface area contributed by atoms with Crippen LogP contribution in [0.2, 0.25) is 0 Å². The van der Waals surface area contributed by atoms with E-state index in [0.717, 1.165) is 23.1 Å². The van der Waals surface area contributed by atoms with Gasteiger partial charge < -0.3 is 4.57 Å². The molecule has 0 aliphatic carbocycles. The Morgan fingerprint density at radius 1 is 1.15 bits per heavy atom. The lowest BCUT2D eigenvalue weighted by atomic mass is 10.2. The Balaban J connectivity index is 2.45. The normalized spacial score (nSPS) is 10.8. The van der Waals surface area contributed by atoms with Crippen LogP contribution in [-0.4, -0.2) is 9.13 Å². The summed E-state index contributed by atoms with van der Waals surface area (Å²) in [6.07, 6.45) is 2.16. The zero-order chi connectivity index (χ0) is 14.7. The molecule has 2 aromatic rings. The monoisotopic (exact) mass is 280 g/mol. The third-order valence-corrected chi connectivity index (χ3v) is 2.95. The van der Waals surface area contributed by atoms with Gasteiger partial charge in [0.25, 0.3) is 5.56 Å². The van der Waals surface area contributed by atoms with E-state index in [1.807, 2.05) is 6.92 Å². The van der Waals surface area contributed by atoms with E-state index in [1.54, 1.807) is 0 Å². The van der Waals surface area contributed by atoms with E-state index in [0.29, 0.717) is 6.54 Å². The minimum absolute atomic E-state index is 0.0971. The fraction of sp³-hybridized carbons (Fsp3) is 0.286. The van der Waals surface area contributed by atoms with E-state index in [1.165, 1.54) is 22.9 Å². The van der Waals surface area contributed by atoms with Gasteiger partial charge >= 0.3 is 5.69 Å². The highest BCUT2D eigenvalue weighted by Gasteiger charge is 2.09. The van der Waals surface area contributed by atoms with Crippen LogP contribution >= 0.6 is 0 Å². The molecule has 106 valence electrons. The number of hydrogen-bond donors (Lipinski definition) is 0. The summed E-state index contributed by atoms with van der Waals surface area (Å²) in [7, 11) is 0. The van der Waals surface area contributed by atoms with E-state index in [4.69, 9.17) is 0 Å². The Morgan fingerprint density at radius 3 is 2.55 bits per heavy atom. The molecule has 0 aliphatic heterocycles. The number of halogens is 2. The standard InChI is InChI=1S/C14H14F2N2O2/c1-2-6-17-7-5-13(19)18(14(17)20)9-10-3-4-11(15)8-12(10)16/h3-5,7-8H,2,6,9H2,1H3. The van der Waals surface area contributed by atoms with Crippen LogP contribution in [0.1, 0.15) is 18.9 Å². The molecule has 0 aliphatic rings. The van der Waals surface area contributed by atoms with Gasteiger partial charge in [-0.05, 0) is 12.5 Å². The van der Waals surface area contributed by atoms with Crippen LogP contribution in [0.25, 0.3) is 0 Å². The molecule has 0 saturated carbocycles. The van der Waals surface area contributed by atoms with Gasteiger partial charge in [0.15, 0.2) is 0 Å². The molecule has 20 heavy (non-hydrogen) atoms. The maximum atomic E-state index is 13.6.